The lowest BCUT2D eigenvalue weighted by Gasteiger charge is -2.36. The van der Waals surface area contributed by atoms with Crippen LogP contribution < -0.4 is 4.90 Å². The summed E-state index contributed by atoms with van der Waals surface area (Å²) in [6.45, 7) is 9.67. The Kier molecular flexibility index (Phi) is 11.8. The van der Waals surface area contributed by atoms with E-state index in [4.69, 9.17) is 0 Å². The van der Waals surface area contributed by atoms with Crippen LogP contribution in [-0.4, -0.2) is 4.57 Å². The third-order valence-electron chi connectivity index (χ3n) is 17.6. The van der Waals surface area contributed by atoms with Gasteiger partial charge in [0.1, 0.15) is 0 Å². The number of benzene rings is 10. The second kappa shape index (κ2) is 19.3. The number of nitrogens with zero attached hydrogens (tertiary/aromatic N) is 2. The number of fused-ring (bicyclic) bond motifs is 6. The first-order valence-corrected chi connectivity index (χ1v) is 28.1. The second-order valence-corrected chi connectivity index (χ2v) is 22.7. The average Bonchev–Trinajstić information content (AvgIpc) is 3.44. The lowest BCUT2D eigenvalue weighted by atomic mass is 9.70. The van der Waals surface area contributed by atoms with Gasteiger partial charge in [0.2, 0.25) is 0 Å². The molecule has 3 aliphatic carbocycles. The molecule has 0 radical (unpaired) electrons. The maximum Gasteiger partial charge on any atom is 0.0538 e. The Labute approximate surface area is 465 Å². The summed E-state index contributed by atoms with van der Waals surface area (Å²) in [5.41, 5.74) is 27.4. The zero-order valence-corrected chi connectivity index (χ0v) is 45.4. The summed E-state index contributed by atoms with van der Waals surface area (Å²) in [6.07, 6.45) is 11.4. The van der Waals surface area contributed by atoms with Crippen LogP contribution in [0.5, 0.6) is 0 Å². The molecule has 0 aliphatic heterocycles. The zero-order valence-electron chi connectivity index (χ0n) is 45.4. The molecule has 2 atom stereocenters. The third kappa shape index (κ3) is 8.16. The molecule has 79 heavy (non-hydrogen) atoms. The van der Waals surface area contributed by atoms with E-state index in [1.54, 1.807) is 0 Å². The molecule has 1 heterocycles. The first-order valence-electron chi connectivity index (χ1n) is 28.1. The van der Waals surface area contributed by atoms with E-state index < -0.39 is 0 Å². The van der Waals surface area contributed by atoms with Gasteiger partial charge < -0.3 is 9.47 Å². The minimum absolute atomic E-state index is 0.158. The Morgan fingerprint density at radius 1 is 0.456 bits per heavy atom. The van der Waals surface area contributed by atoms with Crippen LogP contribution in [0.2, 0.25) is 0 Å². The topological polar surface area (TPSA) is 8.17 Å². The molecule has 0 N–H and O–H groups in total. The van der Waals surface area contributed by atoms with Gasteiger partial charge in [0.15, 0.2) is 0 Å². The summed E-state index contributed by atoms with van der Waals surface area (Å²) in [6, 6.07) is 92.1. The van der Waals surface area contributed by atoms with Crippen molar-refractivity contribution in [1.29, 1.82) is 0 Å². The largest absolute Gasteiger partial charge is 0.313 e. The minimum atomic E-state index is -0.313. The van der Waals surface area contributed by atoms with Crippen molar-refractivity contribution in [2.24, 2.45) is 5.92 Å². The fraction of sp³-hybridized carbons (Fsp3) is 0.117. The molecule has 0 amide bonds. The van der Waals surface area contributed by atoms with Gasteiger partial charge in [-0.3, -0.25) is 0 Å². The highest BCUT2D eigenvalue weighted by Crippen LogP contribution is 2.54. The number of allylic oxidation sites excluding steroid dienone is 5. The van der Waals surface area contributed by atoms with Crippen LogP contribution in [-0.2, 0) is 10.8 Å². The molecule has 2 heteroatoms. The standard InChI is InChI=1S/C77H62N2/c1-52-50-60(59-41-39-56(40-42-59)54-22-9-6-10-23-54)45-48-69(52)78(63-46-43-58(44-47-63)57-37-35-55(36-38-57)53-20-7-5-8-21-53)70-31-15-12-26-64(70)61-24-17-25-62(51-61)77(4)49-19-34-73-75(77)67-28-13-16-32-71(67)79(73)72-33-18-29-66-65-27-11-14-30-68(65)76(2,3)74(66)72/h5-48,51-52H,49-50H2,1-4H3. The Morgan fingerprint density at radius 2 is 1.00 bits per heavy atom. The van der Waals surface area contributed by atoms with E-state index in [0.717, 1.165) is 24.2 Å². The van der Waals surface area contributed by atoms with Gasteiger partial charge in [-0.15, -0.1) is 0 Å². The van der Waals surface area contributed by atoms with Crippen LogP contribution in [0, 0.1) is 5.92 Å². The highest BCUT2D eigenvalue weighted by atomic mass is 15.2. The maximum absolute atomic E-state index is 2.58. The summed E-state index contributed by atoms with van der Waals surface area (Å²) in [5.74, 6) is 0.229. The molecule has 10 aromatic carbocycles. The van der Waals surface area contributed by atoms with Crippen LogP contribution in [0.4, 0.5) is 11.4 Å². The molecule has 0 spiro atoms. The second-order valence-electron chi connectivity index (χ2n) is 22.7. The minimum Gasteiger partial charge on any atom is -0.313 e. The number of hydrogen-bond donors (Lipinski definition) is 0. The number of aromatic nitrogens is 1. The average molecular weight is 1020 g/mol. The van der Waals surface area contributed by atoms with E-state index >= 15 is 0 Å². The molecule has 380 valence electrons. The van der Waals surface area contributed by atoms with Gasteiger partial charge >= 0.3 is 0 Å². The van der Waals surface area contributed by atoms with E-state index in [2.05, 4.69) is 310 Å². The first kappa shape index (κ1) is 48.2. The molecular formula is C77H62N2. The Bertz CT molecular complexity index is 4210. The number of anilines is 2. The normalized spacial score (nSPS) is 16.9. The van der Waals surface area contributed by atoms with E-state index in [0.29, 0.717) is 0 Å². The van der Waals surface area contributed by atoms with Crippen molar-refractivity contribution in [1.82, 2.24) is 4.57 Å². The highest BCUT2D eigenvalue weighted by molar-refractivity contribution is 5.95. The predicted molar refractivity (Wildman–Crippen MR) is 334 cm³/mol. The lowest BCUT2D eigenvalue weighted by Crippen LogP contribution is -2.26. The molecule has 0 saturated carbocycles. The maximum atomic E-state index is 2.58. The molecule has 2 nitrogen and oxygen atoms in total. The lowest BCUT2D eigenvalue weighted by molar-refractivity contribution is 0.577. The Hall–Kier alpha value is -9.24. The monoisotopic (exact) mass is 1010 g/mol. The Morgan fingerprint density at radius 3 is 1.68 bits per heavy atom. The smallest absolute Gasteiger partial charge is 0.0538 e. The molecule has 11 aromatic rings. The van der Waals surface area contributed by atoms with Crippen LogP contribution in [0.15, 0.2) is 273 Å². The van der Waals surface area contributed by atoms with Crippen LogP contribution in [0.1, 0.15) is 74.0 Å². The highest BCUT2D eigenvalue weighted by Gasteiger charge is 2.41. The SMILES string of the molecule is CC1CC(c2ccc(-c3ccccc3)cc2)=CC=C1N(c1ccc(-c2ccc(-c3ccccc3)cc2)cc1)c1ccccc1-c1cccc(C2(C)CC=Cc3c2c2ccccc2n3-c2cccc3c2C(C)(C)c2ccccc2-3)c1. The predicted octanol–water partition coefficient (Wildman–Crippen LogP) is 20.5. The number of hydrogen-bond acceptors (Lipinski definition) is 1. The molecule has 14 rings (SSSR count). The van der Waals surface area contributed by atoms with Crippen LogP contribution in [0.25, 0.3) is 83.9 Å². The molecule has 0 bridgehead atoms. The number of rotatable bonds is 10. The van der Waals surface area contributed by atoms with Gasteiger partial charge in [-0.25, -0.2) is 0 Å². The van der Waals surface area contributed by atoms with Gasteiger partial charge in [0.25, 0.3) is 0 Å². The van der Waals surface area contributed by atoms with Gasteiger partial charge in [-0.2, -0.15) is 0 Å². The van der Waals surface area contributed by atoms with Crippen LogP contribution in [0.3, 0.4) is 0 Å². The Balaban J connectivity index is 0.868. The molecule has 0 saturated heterocycles. The summed E-state index contributed by atoms with van der Waals surface area (Å²) in [4.78, 5) is 2.54. The first-order chi connectivity index (χ1) is 38.7. The fourth-order valence-corrected chi connectivity index (χ4v) is 13.6. The number of para-hydroxylation sites is 2. The summed E-state index contributed by atoms with van der Waals surface area (Å²) >= 11 is 0. The van der Waals surface area contributed by atoms with Gasteiger partial charge in [-0.05, 0) is 139 Å². The van der Waals surface area contributed by atoms with Gasteiger partial charge in [-0.1, -0.05) is 258 Å². The van der Waals surface area contributed by atoms with Gasteiger partial charge in [0.05, 0.1) is 22.6 Å². The van der Waals surface area contributed by atoms with Crippen molar-refractivity contribution in [2.75, 3.05) is 4.90 Å². The van der Waals surface area contributed by atoms with Gasteiger partial charge in [0, 0.05) is 39.1 Å². The molecule has 0 fully saturated rings. The van der Waals surface area contributed by atoms with Crippen molar-refractivity contribution in [2.45, 2.75) is 51.4 Å². The zero-order chi connectivity index (χ0) is 53.2. The van der Waals surface area contributed by atoms with E-state index in [1.165, 1.54) is 117 Å². The molecule has 1 aromatic heterocycles. The van der Waals surface area contributed by atoms with Crippen LogP contribution >= 0.6 is 0 Å². The third-order valence-corrected chi connectivity index (χ3v) is 17.6. The molecule has 3 aliphatic rings. The van der Waals surface area contributed by atoms with Crippen molar-refractivity contribution < 1.29 is 0 Å². The quantitative estimate of drug-likeness (QED) is 0.133. The van der Waals surface area contributed by atoms with Crippen molar-refractivity contribution in [3.63, 3.8) is 0 Å². The summed E-state index contributed by atoms with van der Waals surface area (Å²) in [7, 11) is 0. The molecule has 2 unspecified atom stereocenters. The molecular weight excluding hydrogens is 953 g/mol. The van der Waals surface area contributed by atoms with Crippen molar-refractivity contribution >= 4 is 33.9 Å². The fourth-order valence-electron chi connectivity index (χ4n) is 13.6. The van der Waals surface area contributed by atoms with E-state index in [9.17, 15) is 0 Å². The van der Waals surface area contributed by atoms with Crippen molar-refractivity contribution in [3.05, 3.63) is 306 Å². The van der Waals surface area contributed by atoms with Crippen molar-refractivity contribution in [3.8, 4) is 61.3 Å². The van der Waals surface area contributed by atoms with E-state index in [1.807, 2.05) is 0 Å². The summed E-state index contributed by atoms with van der Waals surface area (Å²) in [5, 5.41) is 1.31. The summed E-state index contributed by atoms with van der Waals surface area (Å²) < 4.78 is 2.58. The van der Waals surface area contributed by atoms with E-state index in [-0.39, 0.29) is 16.7 Å².